The van der Waals surface area contributed by atoms with E-state index in [1.807, 2.05) is 0 Å². The second-order valence-corrected chi connectivity index (χ2v) is 8.24. The number of thioether (sulfide) groups is 1. The Kier molecular flexibility index (Phi) is 4.32. The normalized spacial score (nSPS) is 39.8. The van der Waals surface area contributed by atoms with Crippen molar-refractivity contribution in [3.63, 3.8) is 0 Å². The molecule has 0 aromatic heterocycles. The standard InChI is InChI=1S/C16H27NO2S/c1-17-14(9-20-10-15(18)19-2)16-6-11-3-12(7-16)5-13(4-11)8-16/h11-14,17H,3-10H2,1-2H3. The maximum atomic E-state index is 11.3. The Balaban J connectivity index is 1.62. The summed E-state index contributed by atoms with van der Waals surface area (Å²) in [5.41, 5.74) is 0.520. The van der Waals surface area contributed by atoms with Crippen LogP contribution in [0.25, 0.3) is 0 Å². The van der Waals surface area contributed by atoms with Gasteiger partial charge in [-0.05, 0) is 68.7 Å². The Morgan fingerprint density at radius 2 is 1.80 bits per heavy atom. The van der Waals surface area contributed by atoms with E-state index in [-0.39, 0.29) is 5.97 Å². The second kappa shape index (κ2) is 5.88. The van der Waals surface area contributed by atoms with Crippen molar-refractivity contribution in [2.24, 2.45) is 23.2 Å². The lowest BCUT2D eigenvalue weighted by Crippen LogP contribution is -2.56. The molecule has 0 heterocycles. The van der Waals surface area contributed by atoms with Crippen molar-refractivity contribution >= 4 is 17.7 Å². The number of nitrogens with one attached hydrogen (secondary N) is 1. The molecule has 1 N–H and O–H groups in total. The molecule has 4 saturated carbocycles. The molecule has 3 nitrogen and oxygen atoms in total. The first kappa shape index (κ1) is 14.7. The molecule has 1 atom stereocenters. The molecule has 114 valence electrons. The first-order valence-electron chi connectivity index (χ1n) is 7.97. The first-order chi connectivity index (χ1) is 9.65. The fourth-order valence-corrected chi connectivity index (χ4v) is 6.65. The number of hydrogen-bond donors (Lipinski definition) is 1. The summed E-state index contributed by atoms with van der Waals surface area (Å²) in [5.74, 6) is 4.39. The molecule has 0 aromatic rings. The Labute approximate surface area is 126 Å². The molecular weight excluding hydrogens is 270 g/mol. The van der Waals surface area contributed by atoms with Gasteiger partial charge in [-0.1, -0.05) is 0 Å². The molecule has 0 aliphatic heterocycles. The number of ether oxygens (including phenoxy) is 1. The fraction of sp³-hybridized carbons (Fsp3) is 0.938. The molecule has 0 radical (unpaired) electrons. The van der Waals surface area contributed by atoms with Gasteiger partial charge in [0.25, 0.3) is 0 Å². The Morgan fingerprint density at radius 3 is 2.25 bits per heavy atom. The van der Waals surface area contributed by atoms with Crippen molar-refractivity contribution in [1.82, 2.24) is 5.32 Å². The summed E-state index contributed by atoms with van der Waals surface area (Å²) in [6, 6.07) is 0.561. The number of esters is 1. The zero-order valence-electron chi connectivity index (χ0n) is 12.7. The van der Waals surface area contributed by atoms with E-state index in [4.69, 9.17) is 4.74 Å². The molecule has 0 amide bonds. The molecule has 4 rings (SSSR count). The number of carbonyl (C=O) groups excluding carboxylic acids is 1. The first-order valence-corrected chi connectivity index (χ1v) is 9.12. The topological polar surface area (TPSA) is 38.3 Å². The zero-order chi connectivity index (χ0) is 14.2. The predicted molar refractivity (Wildman–Crippen MR) is 82.8 cm³/mol. The lowest BCUT2D eigenvalue weighted by Gasteiger charge is -2.59. The van der Waals surface area contributed by atoms with Gasteiger partial charge in [0.05, 0.1) is 12.9 Å². The predicted octanol–water partition coefficient (Wildman–Crippen LogP) is 2.70. The van der Waals surface area contributed by atoms with Crippen LogP contribution in [0.1, 0.15) is 38.5 Å². The largest absolute Gasteiger partial charge is 0.468 e. The highest BCUT2D eigenvalue weighted by atomic mass is 32.2. The van der Waals surface area contributed by atoms with E-state index >= 15 is 0 Å². The lowest BCUT2D eigenvalue weighted by atomic mass is 9.48. The summed E-state index contributed by atoms with van der Waals surface area (Å²) in [7, 11) is 3.57. The van der Waals surface area contributed by atoms with E-state index < -0.39 is 0 Å². The SMILES string of the molecule is CNC(CSCC(=O)OC)C12CC3CC(CC(C3)C1)C2. The molecule has 4 bridgehead atoms. The van der Waals surface area contributed by atoms with Crippen molar-refractivity contribution in [2.45, 2.75) is 44.6 Å². The molecule has 4 fully saturated rings. The third kappa shape index (κ3) is 2.74. The molecule has 1 unspecified atom stereocenters. The van der Waals surface area contributed by atoms with Crippen molar-refractivity contribution in [1.29, 1.82) is 0 Å². The molecule has 4 heteroatoms. The van der Waals surface area contributed by atoms with Gasteiger partial charge < -0.3 is 10.1 Å². The van der Waals surface area contributed by atoms with Gasteiger partial charge in [0, 0.05) is 11.8 Å². The smallest absolute Gasteiger partial charge is 0.315 e. The van der Waals surface area contributed by atoms with Gasteiger partial charge in [0.2, 0.25) is 0 Å². The molecule has 4 aliphatic rings. The van der Waals surface area contributed by atoms with Gasteiger partial charge in [-0.15, -0.1) is 11.8 Å². The Bertz CT molecular complexity index is 336. The Morgan fingerprint density at radius 1 is 1.25 bits per heavy atom. The van der Waals surface area contributed by atoms with E-state index in [1.165, 1.54) is 45.6 Å². The van der Waals surface area contributed by atoms with Gasteiger partial charge in [-0.3, -0.25) is 4.79 Å². The van der Waals surface area contributed by atoms with E-state index in [2.05, 4.69) is 12.4 Å². The quantitative estimate of drug-likeness (QED) is 0.765. The number of methoxy groups -OCH3 is 1. The summed E-state index contributed by atoms with van der Waals surface area (Å²) < 4.78 is 4.73. The third-order valence-electron chi connectivity index (χ3n) is 5.91. The maximum Gasteiger partial charge on any atom is 0.315 e. The van der Waals surface area contributed by atoms with E-state index in [9.17, 15) is 4.79 Å². The van der Waals surface area contributed by atoms with Crippen molar-refractivity contribution in [2.75, 3.05) is 25.7 Å². The van der Waals surface area contributed by atoms with Crippen LogP contribution in [0.15, 0.2) is 0 Å². The molecule has 0 spiro atoms. The average Bonchev–Trinajstić information content (AvgIpc) is 2.41. The van der Waals surface area contributed by atoms with Crippen molar-refractivity contribution in [3.05, 3.63) is 0 Å². The van der Waals surface area contributed by atoms with Crippen LogP contribution in [-0.4, -0.2) is 37.7 Å². The second-order valence-electron chi connectivity index (χ2n) is 7.21. The molecule has 0 saturated heterocycles. The summed E-state index contributed by atoms with van der Waals surface area (Å²) >= 11 is 1.73. The van der Waals surface area contributed by atoms with Gasteiger partial charge in [0.15, 0.2) is 0 Å². The molecular formula is C16H27NO2S. The van der Waals surface area contributed by atoms with E-state index in [1.54, 1.807) is 11.8 Å². The number of hydrogen-bond acceptors (Lipinski definition) is 4. The van der Waals surface area contributed by atoms with Crippen LogP contribution in [0, 0.1) is 23.2 Å². The minimum atomic E-state index is -0.102. The fourth-order valence-electron chi connectivity index (χ4n) is 5.49. The molecule has 4 aliphatic carbocycles. The minimum Gasteiger partial charge on any atom is -0.468 e. The third-order valence-corrected chi connectivity index (χ3v) is 6.91. The summed E-state index contributed by atoms with van der Waals surface area (Å²) in [5, 5.41) is 3.58. The van der Waals surface area contributed by atoms with Crippen LogP contribution >= 0.6 is 11.8 Å². The lowest BCUT2D eigenvalue weighted by molar-refractivity contribution is -0.137. The van der Waals surface area contributed by atoms with Gasteiger partial charge >= 0.3 is 5.97 Å². The van der Waals surface area contributed by atoms with Crippen LogP contribution in [0.5, 0.6) is 0 Å². The van der Waals surface area contributed by atoms with Crippen LogP contribution in [0.4, 0.5) is 0 Å². The zero-order valence-corrected chi connectivity index (χ0v) is 13.5. The number of rotatable bonds is 6. The summed E-state index contributed by atoms with van der Waals surface area (Å²) in [6.07, 6.45) is 8.73. The van der Waals surface area contributed by atoms with Crippen LogP contribution in [0.3, 0.4) is 0 Å². The van der Waals surface area contributed by atoms with Gasteiger partial charge in [0.1, 0.15) is 0 Å². The maximum absolute atomic E-state index is 11.3. The molecule has 20 heavy (non-hydrogen) atoms. The highest BCUT2D eigenvalue weighted by molar-refractivity contribution is 7.99. The highest BCUT2D eigenvalue weighted by Crippen LogP contribution is 2.61. The summed E-state index contributed by atoms with van der Waals surface area (Å²) in [4.78, 5) is 11.3. The van der Waals surface area contributed by atoms with Crippen LogP contribution in [0.2, 0.25) is 0 Å². The minimum absolute atomic E-state index is 0.102. The monoisotopic (exact) mass is 297 g/mol. The van der Waals surface area contributed by atoms with Crippen LogP contribution < -0.4 is 5.32 Å². The number of carbonyl (C=O) groups is 1. The van der Waals surface area contributed by atoms with Crippen molar-refractivity contribution in [3.8, 4) is 0 Å². The van der Waals surface area contributed by atoms with Crippen LogP contribution in [-0.2, 0) is 9.53 Å². The molecule has 0 aromatic carbocycles. The summed E-state index contributed by atoms with van der Waals surface area (Å²) in [6.45, 7) is 0. The highest BCUT2D eigenvalue weighted by Gasteiger charge is 2.53. The van der Waals surface area contributed by atoms with E-state index in [0.29, 0.717) is 17.2 Å². The average molecular weight is 297 g/mol. The van der Waals surface area contributed by atoms with Crippen molar-refractivity contribution < 1.29 is 9.53 Å². The Hall–Kier alpha value is -0.220. The van der Waals surface area contributed by atoms with Gasteiger partial charge in [-0.25, -0.2) is 0 Å². The van der Waals surface area contributed by atoms with E-state index in [0.717, 1.165) is 23.5 Å². The van der Waals surface area contributed by atoms with Gasteiger partial charge in [-0.2, -0.15) is 0 Å².